The molecule has 0 radical (unpaired) electrons. The number of hydrogen-bond donors (Lipinski definition) is 3. The first-order valence-corrected chi connectivity index (χ1v) is 13.6. The van der Waals surface area contributed by atoms with Gasteiger partial charge in [0, 0.05) is 25.3 Å². The lowest BCUT2D eigenvalue weighted by molar-refractivity contribution is -0.122. The van der Waals surface area contributed by atoms with E-state index < -0.39 is 40.6 Å². The Hall–Kier alpha value is -4.25. The first kappa shape index (κ1) is 28.3. The molecule has 9 nitrogen and oxygen atoms in total. The molecule has 1 saturated carbocycles. The van der Waals surface area contributed by atoms with E-state index in [0.717, 1.165) is 24.5 Å². The number of pyridine rings is 1. The number of nitrogens with one attached hydrogen (secondary N) is 1. The summed E-state index contributed by atoms with van der Waals surface area (Å²) in [7, 11) is 1.36. The number of amides is 1. The highest BCUT2D eigenvalue weighted by atomic mass is 19.1. The molecule has 5 rings (SSSR count). The summed E-state index contributed by atoms with van der Waals surface area (Å²) in [6, 6.07) is 9.47. The summed E-state index contributed by atoms with van der Waals surface area (Å²) >= 11 is 0. The summed E-state index contributed by atoms with van der Waals surface area (Å²) in [6.07, 6.45) is 4.14. The zero-order chi connectivity index (χ0) is 29.3. The number of fused-ring (bicyclic) bond motifs is 1. The first-order chi connectivity index (χ1) is 19.7. The first-order valence-electron chi connectivity index (χ1n) is 13.6. The minimum absolute atomic E-state index is 0.0328. The molecule has 4 N–H and O–H groups in total. The summed E-state index contributed by atoms with van der Waals surface area (Å²) in [5, 5.41) is 12.0. The Balaban J connectivity index is 1.41. The number of carboxylic acid groups (broad SMARTS) is 1. The van der Waals surface area contributed by atoms with E-state index in [1.807, 2.05) is 30.3 Å². The van der Waals surface area contributed by atoms with E-state index >= 15 is 8.78 Å². The number of piperidine rings is 1. The number of hydrogen-bond acceptors (Lipinski definition) is 6. The lowest BCUT2D eigenvalue weighted by atomic mass is 10.0. The van der Waals surface area contributed by atoms with Crippen LogP contribution in [0, 0.1) is 5.82 Å². The molecule has 0 unspecified atom stereocenters. The number of benzene rings is 2. The highest BCUT2D eigenvalue weighted by Crippen LogP contribution is 2.44. The van der Waals surface area contributed by atoms with Gasteiger partial charge in [0.05, 0.1) is 30.6 Å². The summed E-state index contributed by atoms with van der Waals surface area (Å²) in [6.45, 7) is 0.128. The number of carboxylic acids is 1. The van der Waals surface area contributed by atoms with Crippen LogP contribution in [0.5, 0.6) is 5.75 Å². The van der Waals surface area contributed by atoms with Crippen LogP contribution < -0.4 is 26.1 Å². The maximum absolute atomic E-state index is 15.7. The van der Waals surface area contributed by atoms with Gasteiger partial charge in [0.15, 0.2) is 11.6 Å². The molecule has 2 heterocycles. The van der Waals surface area contributed by atoms with Gasteiger partial charge >= 0.3 is 5.97 Å². The molecule has 216 valence electrons. The smallest absolute Gasteiger partial charge is 0.341 e. The van der Waals surface area contributed by atoms with E-state index in [1.54, 1.807) is 9.47 Å². The summed E-state index contributed by atoms with van der Waals surface area (Å²) in [5.74, 6) is -3.04. The van der Waals surface area contributed by atoms with Crippen molar-refractivity contribution in [1.29, 1.82) is 0 Å². The van der Waals surface area contributed by atoms with Crippen LogP contribution in [0.4, 0.5) is 14.5 Å². The van der Waals surface area contributed by atoms with Crippen molar-refractivity contribution in [3.8, 4) is 5.75 Å². The molecule has 1 aliphatic carbocycles. The Kier molecular flexibility index (Phi) is 8.07. The third-order valence-corrected chi connectivity index (χ3v) is 7.61. The molecule has 1 saturated heterocycles. The van der Waals surface area contributed by atoms with Crippen molar-refractivity contribution < 1.29 is 28.2 Å². The van der Waals surface area contributed by atoms with Gasteiger partial charge in [-0.3, -0.25) is 9.59 Å². The van der Waals surface area contributed by atoms with E-state index in [1.165, 1.54) is 13.3 Å². The highest BCUT2D eigenvalue weighted by Gasteiger charge is 2.32. The monoisotopic (exact) mass is 566 g/mol. The summed E-state index contributed by atoms with van der Waals surface area (Å²) in [4.78, 5) is 38.8. The zero-order valence-corrected chi connectivity index (χ0v) is 22.7. The lowest BCUT2D eigenvalue weighted by Crippen LogP contribution is -2.42. The van der Waals surface area contributed by atoms with Crippen LogP contribution in [0.15, 0.2) is 58.8 Å². The molecule has 1 amide bonds. The molecule has 2 fully saturated rings. The number of halogens is 2. The van der Waals surface area contributed by atoms with Gasteiger partial charge in [-0.1, -0.05) is 30.3 Å². The van der Waals surface area contributed by atoms with Crippen LogP contribution in [0.2, 0.25) is 0 Å². The average molecular weight is 567 g/mol. The van der Waals surface area contributed by atoms with Gasteiger partial charge in [0.2, 0.25) is 11.3 Å². The van der Waals surface area contributed by atoms with Crippen LogP contribution in [-0.2, 0) is 11.2 Å². The van der Waals surface area contributed by atoms with Gasteiger partial charge in [0.1, 0.15) is 17.1 Å². The number of aromatic nitrogens is 1. The quantitative estimate of drug-likeness (QED) is 0.361. The summed E-state index contributed by atoms with van der Waals surface area (Å²) < 4.78 is 38.3. The highest BCUT2D eigenvalue weighted by molar-refractivity contribution is 5.97. The Morgan fingerprint density at radius 3 is 2.63 bits per heavy atom. The predicted molar refractivity (Wildman–Crippen MR) is 151 cm³/mol. The molecule has 0 bridgehead atoms. The third-order valence-electron chi connectivity index (χ3n) is 7.61. The van der Waals surface area contributed by atoms with Gasteiger partial charge < -0.3 is 30.4 Å². The van der Waals surface area contributed by atoms with Crippen molar-refractivity contribution in [3.05, 3.63) is 81.2 Å². The lowest BCUT2D eigenvalue weighted by Gasteiger charge is -2.33. The molecule has 1 aliphatic heterocycles. The molecular weight excluding hydrogens is 534 g/mol. The summed E-state index contributed by atoms with van der Waals surface area (Å²) in [5.41, 5.74) is 6.49. The van der Waals surface area contributed by atoms with Gasteiger partial charge in [-0.05, 0) is 49.3 Å². The molecule has 2 aliphatic rings. The maximum atomic E-state index is 15.7. The maximum Gasteiger partial charge on any atom is 0.341 e. The Bertz CT molecular complexity index is 1580. The number of rotatable bonds is 9. The van der Waals surface area contributed by atoms with Crippen molar-refractivity contribution in [2.45, 2.75) is 44.2 Å². The molecule has 41 heavy (non-hydrogen) atoms. The number of nitrogens with zero attached hydrogens (tertiary/aromatic N) is 2. The molecule has 3 aromatic rings. The van der Waals surface area contributed by atoms with Crippen LogP contribution >= 0.6 is 0 Å². The van der Waals surface area contributed by atoms with Crippen LogP contribution in [0.25, 0.3) is 10.9 Å². The number of ether oxygens (including phenoxy) is 1. The Morgan fingerprint density at radius 1 is 1.24 bits per heavy atom. The van der Waals surface area contributed by atoms with Crippen molar-refractivity contribution in [2.75, 3.05) is 31.6 Å². The number of carbonyl (C=O) groups is 2. The predicted octanol–water partition coefficient (Wildman–Crippen LogP) is 3.69. The van der Waals surface area contributed by atoms with Crippen molar-refractivity contribution in [2.24, 2.45) is 5.73 Å². The van der Waals surface area contributed by atoms with Crippen molar-refractivity contribution in [3.63, 3.8) is 0 Å². The second-order valence-electron chi connectivity index (χ2n) is 10.5. The largest absolute Gasteiger partial charge is 0.492 e. The topological polar surface area (TPSA) is 127 Å². The number of anilines is 1. The number of nitrogens with two attached hydrogens (primary N) is 1. The number of methoxy groups -OCH3 is 1. The second kappa shape index (κ2) is 11.7. The van der Waals surface area contributed by atoms with E-state index in [9.17, 15) is 19.5 Å². The Labute approximate surface area is 235 Å². The number of aromatic carboxylic acids is 1. The van der Waals surface area contributed by atoms with E-state index in [-0.39, 0.29) is 36.0 Å². The van der Waals surface area contributed by atoms with Gasteiger partial charge in [-0.2, -0.15) is 0 Å². The third kappa shape index (κ3) is 5.81. The van der Waals surface area contributed by atoms with Crippen molar-refractivity contribution in [1.82, 2.24) is 9.88 Å². The molecule has 11 heteroatoms. The van der Waals surface area contributed by atoms with Gasteiger partial charge in [0.25, 0.3) is 0 Å². The van der Waals surface area contributed by atoms with Crippen LogP contribution in [0.1, 0.15) is 47.6 Å². The molecular formula is C30H32F2N4O5. The normalized spacial score (nSPS) is 17.3. The second-order valence-corrected chi connectivity index (χ2v) is 10.5. The Morgan fingerprint density at radius 2 is 1.98 bits per heavy atom. The van der Waals surface area contributed by atoms with E-state index in [0.29, 0.717) is 36.9 Å². The average Bonchev–Trinajstić information content (AvgIpc) is 3.81. The van der Waals surface area contributed by atoms with E-state index in [4.69, 9.17) is 10.5 Å². The molecule has 1 atom stereocenters. The minimum Gasteiger partial charge on any atom is -0.492 e. The van der Waals surface area contributed by atoms with Gasteiger partial charge in [-0.25, -0.2) is 13.6 Å². The molecule has 1 aromatic heterocycles. The fourth-order valence-corrected chi connectivity index (χ4v) is 5.39. The van der Waals surface area contributed by atoms with Crippen molar-refractivity contribution >= 4 is 28.5 Å². The standard InChI is InChI=1S/C30H32F2N4O5/c1-41-28-25-20(27(37)21(30(39)40)16-36(25)19-9-10-19)13-22(31)26(28)35-11-5-8-18(15-35)23(32)14-34-29(38)24(33)12-17-6-3-2-4-7-17/h2-4,6-7,13,16,19,24H,5,8-12,14-15,33H2,1H3,(H,34,38)(H,39,40)/t24-/m0/s1. The van der Waals surface area contributed by atoms with Crippen LogP contribution in [-0.4, -0.2) is 54.3 Å². The minimum atomic E-state index is -1.39. The molecule has 2 aromatic carbocycles. The van der Waals surface area contributed by atoms with E-state index in [2.05, 4.69) is 5.32 Å². The van der Waals surface area contributed by atoms with Gasteiger partial charge in [-0.15, -0.1) is 0 Å². The zero-order valence-electron chi connectivity index (χ0n) is 22.7. The fourth-order valence-electron chi connectivity index (χ4n) is 5.39. The fraction of sp³-hybridized carbons (Fsp3) is 0.367. The number of carbonyl (C=O) groups excluding carboxylic acids is 1. The molecule has 0 spiro atoms. The SMILES string of the molecule is COc1c(N2CCCC(=C(F)CNC(=O)[C@@H](N)Cc3ccccc3)C2)c(F)cc2c(=O)c(C(=O)O)cn(C3CC3)c12. The van der Waals surface area contributed by atoms with Crippen LogP contribution in [0.3, 0.4) is 0 Å².